The summed E-state index contributed by atoms with van der Waals surface area (Å²) in [5, 5.41) is 2.30. The predicted octanol–water partition coefficient (Wildman–Crippen LogP) is 2.87. The van der Waals surface area contributed by atoms with Crippen LogP contribution in [0.5, 0.6) is 0 Å². The minimum Gasteiger partial charge on any atom is -0.324 e. The fourth-order valence-electron chi connectivity index (χ4n) is 2.34. The van der Waals surface area contributed by atoms with Crippen molar-refractivity contribution < 1.29 is 0 Å². The molecule has 94 valence electrons. The minimum absolute atomic E-state index is 0.0444. The van der Waals surface area contributed by atoms with Crippen molar-refractivity contribution in [3.05, 3.63) is 72.3 Å². The topological polar surface area (TPSA) is 51.8 Å². The van der Waals surface area contributed by atoms with Crippen molar-refractivity contribution in [1.82, 2.24) is 9.97 Å². The van der Waals surface area contributed by atoms with Gasteiger partial charge in [0.2, 0.25) is 0 Å². The van der Waals surface area contributed by atoms with Crippen LogP contribution in [0.2, 0.25) is 0 Å². The van der Waals surface area contributed by atoms with Crippen LogP contribution in [0.25, 0.3) is 10.8 Å². The first-order valence-corrected chi connectivity index (χ1v) is 6.32. The SMILES string of the molecule is NC(Cc1cccnc1)c1cccc2ccncc12. The maximum absolute atomic E-state index is 6.34. The smallest absolute Gasteiger partial charge is 0.0349 e. The van der Waals surface area contributed by atoms with Crippen molar-refractivity contribution in [2.24, 2.45) is 5.73 Å². The largest absolute Gasteiger partial charge is 0.324 e. The highest BCUT2D eigenvalue weighted by molar-refractivity contribution is 5.85. The number of hydrogen-bond acceptors (Lipinski definition) is 3. The van der Waals surface area contributed by atoms with Crippen molar-refractivity contribution in [3.63, 3.8) is 0 Å². The maximum Gasteiger partial charge on any atom is 0.0349 e. The second-order valence-electron chi connectivity index (χ2n) is 4.62. The highest BCUT2D eigenvalue weighted by Crippen LogP contribution is 2.24. The van der Waals surface area contributed by atoms with Gasteiger partial charge in [-0.3, -0.25) is 9.97 Å². The zero-order valence-electron chi connectivity index (χ0n) is 10.5. The van der Waals surface area contributed by atoms with Gasteiger partial charge >= 0.3 is 0 Å². The lowest BCUT2D eigenvalue weighted by Crippen LogP contribution is -2.13. The zero-order valence-corrected chi connectivity index (χ0v) is 10.5. The summed E-state index contributed by atoms with van der Waals surface area (Å²) in [5.41, 5.74) is 8.62. The lowest BCUT2D eigenvalue weighted by molar-refractivity contribution is 0.725. The molecule has 2 heterocycles. The Balaban J connectivity index is 1.96. The molecule has 0 amide bonds. The van der Waals surface area contributed by atoms with E-state index in [1.54, 1.807) is 12.4 Å². The van der Waals surface area contributed by atoms with Gasteiger partial charge in [-0.25, -0.2) is 0 Å². The van der Waals surface area contributed by atoms with E-state index in [-0.39, 0.29) is 6.04 Å². The molecule has 0 fully saturated rings. The van der Waals surface area contributed by atoms with Crippen LogP contribution in [0, 0.1) is 0 Å². The fraction of sp³-hybridized carbons (Fsp3) is 0.125. The summed E-state index contributed by atoms with van der Waals surface area (Å²) in [6.07, 6.45) is 8.11. The van der Waals surface area contributed by atoms with E-state index in [4.69, 9.17) is 5.73 Å². The summed E-state index contributed by atoms with van der Waals surface area (Å²) in [5.74, 6) is 0. The van der Waals surface area contributed by atoms with E-state index < -0.39 is 0 Å². The molecule has 0 aliphatic carbocycles. The first-order valence-electron chi connectivity index (χ1n) is 6.32. The van der Waals surface area contributed by atoms with Crippen LogP contribution in [0.3, 0.4) is 0 Å². The summed E-state index contributed by atoms with van der Waals surface area (Å²) in [6, 6.07) is 12.2. The maximum atomic E-state index is 6.34. The molecule has 2 N–H and O–H groups in total. The van der Waals surface area contributed by atoms with E-state index in [9.17, 15) is 0 Å². The molecule has 3 aromatic rings. The summed E-state index contributed by atoms with van der Waals surface area (Å²) in [6.45, 7) is 0. The molecule has 3 heteroatoms. The summed E-state index contributed by atoms with van der Waals surface area (Å²) in [4.78, 5) is 8.32. The van der Waals surface area contributed by atoms with Gasteiger partial charge in [-0.2, -0.15) is 0 Å². The standard InChI is InChI=1S/C16H15N3/c17-16(9-12-3-2-7-18-10-12)14-5-1-4-13-6-8-19-11-15(13)14/h1-8,10-11,16H,9,17H2. The molecule has 0 saturated heterocycles. The van der Waals surface area contributed by atoms with E-state index in [2.05, 4.69) is 28.2 Å². The van der Waals surface area contributed by atoms with Gasteiger partial charge in [-0.05, 0) is 35.1 Å². The molecular formula is C16H15N3. The second kappa shape index (κ2) is 5.16. The van der Waals surface area contributed by atoms with Gasteiger partial charge in [0.25, 0.3) is 0 Å². The molecule has 19 heavy (non-hydrogen) atoms. The van der Waals surface area contributed by atoms with Gasteiger partial charge in [0, 0.05) is 36.2 Å². The normalized spacial score (nSPS) is 12.5. The van der Waals surface area contributed by atoms with Gasteiger partial charge < -0.3 is 5.73 Å². The number of nitrogens with two attached hydrogens (primary N) is 1. The molecule has 1 atom stereocenters. The fourth-order valence-corrected chi connectivity index (χ4v) is 2.34. The Hall–Kier alpha value is -2.26. The van der Waals surface area contributed by atoms with Crippen molar-refractivity contribution in [1.29, 1.82) is 0 Å². The highest BCUT2D eigenvalue weighted by Gasteiger charge is 2.10. The third-order valence-corrected chi connectivity index (χ3v) is 3.30. The lowest BCUT2D eigenvalue weighted by atomic mass is 9.96. The van der Waals surface area contributed by atoms with E-state index in [1.165, 1.54) is 5.39 Å². The Morgan fingerprint density at radius 2 is 1.84 bits per heavy atom. The third-order valence-electron chi connectivity index (χ3n) is 3.30. The molecule has 3 nitrogen and oxygen atoms in total. The Labute approximate surface area is 112 Å². The molecule has 0 spiro atoms. The van der Waals surface area contributed by atoms with Gasteiger partial charge in [0.15, 0.2) is 0 Å². The molecule has 0 radical (unpaired) electrons. The average Bonchev–Trinajstić information content (AvgIpc) is 2.47. The molecule has 2 aromatic heterocycles. The average molecular weight is 249 g/mol. The van der Waals surface area contributed by atoms with Crippen molar-refractivity contribution >= 4 is 10.8 Å². The highest BCUT2D eigenvalue weighted by atomic mass is 14.7. The van der Waals surface area contributed by atoms with Crippen LogP contribution in [0.15, 0.2) is 61.2 Å². The molecular weight excluding hydrogens is 234 g/mol. The van der Waals surface area contributed by atoms with E-state index in [0.29, 0.717) is 0 Å². The van der Waals surface area contributed by atoms with Crippen LogP contribution >= 0.6 is 0 Å². The van der Waals surface area contributed by atoms with Crippen molar-refractivity contribution in [2.75, 3.05) is 0 Å². The Morgan fingerprint density at radius 1 is 0.947 bits per heavy atom. The minimum atomic E-state index is -0.0444. The van der Waals surface area contributed by atoms with Gasteiger partial charge in [0.1, 0.15) is 0 Å². The number of rotatable bonds is 3. The predicted molar refractivity (Wildman–Crippen MR) is 76.6 cm³/mol. The number of benzene rings is 1. The quantitative estimate of drug-likeness (QED) is 0.776. The van der Waals surface area contributed by atoms with E-state index >= 15 is 0 Å². The number of aromatic nitrogens is 2. The molecule has 1 aromatic carbocycles. The second-order valence-corrected chi connectivity index (χ2v) is 4.62. The Morgan fingerprint density at radius 3 is 2.68 bits per heavy atom. The third kappa shape index (κ3) is 2.46. The zero-order chi connectivity index (χ0) is 13.1. The monoisotopic (exact) mass is 249 g/mol. The number of fused-ring (bicyclic) bond motifs is 1. The van der Waals surface area contributed by atoms with Crippen LogP contribution in [-0.2, 0) is 6.42 Å². The molecule has 1 unspecified atom stereocenters. The molecule has 0 saturated carbocycles. The molecule has 0 bridgehead atoms. The molecule has 0 aliphatic rings. The first-order chi connectivity index (χ1) is 9.34. The number of hydrogen-bond donors (Lipinski definition) is 1. The number of nitrogens with zero attached hydrogens (tertiary/aromatic N) is 2. The van der Waals surface area contributed by atoms with Crippen LogP contribution < -0.4 is 5.73 Å². The van der Waals surface area contributed by atoms with Gasteiger partial charge in [-0.15, -0.1) is 0 Å². The van der Waals surface area contributed by atoms with Crippen molar-refractivity contribution in [2.45, 2.75) is 12.5 Å². The van der Waals surface area contributed by atoms with Gasteiger partial charge in [-0.1, -0.05) is 24.3 Å². The van der Waals surface area contributed by atoms with Crippen LogP contribution in [-0.4, -0.2) is 9.97 Å². The Kier molecular flexibility index (Phi) is 3.21. The summed E-state index contributed by atoms with van der Waals surface area (Å²) >= 11 is 0. The van der Waals surface area contributed by atoms with Crippen LogP contribution in [0.4, 0.5) is 0 Å². The number of pyridine rings is 2. The Bertz CT molecular complexity index is 674. The summed E-state index contributed by atoms with van der Waals surface area (Å²) in [7, 11) is 0. The van der Waals surface area contributed by atoms with Gasteiger partial charge in [0.05, 0.1) is 0 Å². The van der Waals surface area contributed by atoms with E-state index in [0.717, 1.165) is 22.9 Å². The molecule has 0 aliphatic heterocycles. The van der Waals surface area contributed by atoms with Crippen molar-refractivity contribution in [3.8, 4) is 0 Å². The van der Waals surface area contributed by atoms with Crippen LogP contribution in [0.1, 0.15) is 17.2 Å². The summed E-state index contributed by atoms with van der Waals surface area (Å²) < 4.78 is 0. The van der Waals surface area contributed by atoms with E-state index in [1.807, 2.05) is 30.6 Å². The lowest BCUT2D eigenvalue weighted by Gasteiger charge is -2.14. The first kappa shape index (κ1) is 11.8. The molecule has 3 rings (SSSR count).